The van der Waals surface area contributed by atoms with Crippen molar-refractivity contribution in [2.75, 3.05) is 19.6 Å². The second kappa shape index (κ2) is 2.42. The van der Waals surface area contributed by atoms with Gasteiger partial charge in [0.2, 0.25) is 0 Å². The fraction of sp³-hybridized carbons (Fsp3) is 1.00. The standard InChI is InChI=1S/C8H14FNO/c9-7-4-8(6-11)2-1-3-10(8)5-7/h7,11H,1-6H2/i3D2. The summed E-state index contributed by atoms with van der Waals surface area (Å²) in [6.45, 7) is -1.43. The van der Waals surface area contributed by atoms with Crippen LogP contribution < -0.4 is 0 Å². The van der Waals surface area contributed by atoms with Gasteiger partial charge in [-0.3, -0.25) is 4.90 Å². The number of alkyl halides is 1. The molecular weight excluding hydrogens is 145 g/mol. The summed E-state index contributed by atoms with van der Waals surface area (Å²) in [5.41, 5.74) is -0.608. The molecule has 0 aromatic heterocycles. The predicted molar refractivity (Wildman–Crippen MR) is 40.1 cm³/mol. The molecule has 2 saturated heterocycles. The van der Waals surface area contributed by atoms with Gasteiger partial charge in [-0.05, 0) is 19.3 Å². The predicted octanol–water partition coefficient (Wildman–Crippen LogP) is 0.555. The van der Waals surface area contributed by atoms with Crippen molar-refractivity contribution >= 4 is 0 Å². The number of rotatable bonds is 1. The maximum absolute atomic E-state index is 13.1. The molecule has 2 fully saturated rings. The zero-order valence-corrected chi connectivity index (χ0v) is 6.39. The van der Waals surface area contributed by atoms with Crippen molar-refractivity contribution in [2.24, 2.45) is 0 Å². The topological polar surface area (TPSA) is 23.5 Å². The second-order valence-electron chi connectivity index (χ2n) is 3.45. The number of aliphatic hydroxyl groups excluding tert-OH is 1. The highest BCUT2D eigenvalue weighted by Gasteiger charge is 2.47. The summed E-state index contributed by atoms with van der Waals surface area (Å²) < 4.78 is 28.4. The summed E-state index contributed by atoms with van der Waals surface area (Å²) in [5.74, 6) is 0. The molecule has 0 aromatic carbocycles. The molecule has 0 aromatic rings. The van der Waals surface area contributed by atoms with Crippen molar-refractivity contribution < 1.29 is 12.2 Å². The van der Waals surface area contributed by atoms with Gasteiger partial charge in [0.15, 0.2) is 0 Å². The second-order valence-corrected chi connectivity index (χ2v) is 3.45. The summed E-state index contributed by atoms with van der Waals surface area (Å²) >= 11 is 0. The third kappa shape index (κ3) is 0.983. The van der Waals surface area contributed by atoms with E-state index in [1.165, 1.54) is 4.90 Å². The largest absolute Gasteiger partial charge is 0.394 e. The van der Waals surface area contributed by atoms with Crippen LogP contribution in [0.3, 0.4) is 0 Å². The molecule has 2 heterocycles. The van der Waals surface area contributed by atoms with Crippen LogP contribution in [-0.2, 0) is 0 Å². The maximum atomic E-state index is 13.1. The van der Waals surface area contributed by atoms with Crippen LogP contribution in [0.2, 0.25) is 0 Å². The monoisotopic (exact) mass is 161 g/mol. The van der Waals surface area contributed by atoms with Gasteiger partial charge < -0.3 is 5.11 Å². The lowest BCUT2D eigenvalue weighted by molar-refractivity contribution is 0.0996. The van der Waals surface area contributed by atoms with Crippen LogP contribution in [0.25, 0.3) is 0 Å². The number of fused-ring (bicyclic) bond motifs is 1. The lowest BCUT2D eigenvalue weighted by Gasteiger charge is -2.28. The number of aliphatic hydroxyl groups is 1. The Morgan fingerprint density at radius 2 is 2.64 bits per heavy atom. The van der Waals surface area contributed by atoms with E-state index in [0.29, 0.717) is 12.8 Å². The molecule has 0 saturated carbocycles. The Morgan fingerprint density at radius 1 is 1.82 bits per heavy atom. The van der Waals surface area contributed by atoms with E-state index >= 15 is 0 Å². The summed E-state index contributed by atoms with van der Waals surface area (Å²) in [4.78, 5) is 1.50. The minimum absolute atomic E-state index is 0.132. The van der Waals surface area contributed by atoms with Crippen LogP contribution in [0.1, 0.15) is 22.0 Å². The Bertz CT molecular complexity index is 226. The number of hydrogen-bond acceptors (Lipinski definition) is 2. The molecule has 2 rings (SSSR count). The number of hydrogen-bond donors (Lipinski definition) is 1. The molecule has 2 atom stereocenters. The highest BCUT2D eigenvalue weighted by molar-refractivity contribution is 5.03. The molecule has 0 bridgehead atoms. The molecule has 2 aliphatic rings. The van der Waals surface area contributed by atoms with Crippen molar-refractivity contribution in [3.8, 4) is 0 Å². The molecule has 2 unspecified atom stereocenters. The third-order valence-electron chi connectivity index (χ3n) is 2.74. The first kappa shape index (κ1) is 5.49. The molecule has 0 spiro atoms. The molecule has 64 valence electrons. The van der Waals surface area contributed by atoms with Crippen molar-refractivity contribution in [1.29, 1.82) is 0 Å². The van der Waals surface area contributed by atoms with Gasteiger partial charge >= 0.3 is 0 Å². The van der Waals surface area contributed by atoms with Gasteiger partial charge in [-0.1, -0.05) is 0 Å². The maximum Gasteiger partial charge on any atom is 0.115 e. The van der Waals surface area contributed by atoms with Crippen LogP contribution in [0, 0.1) is 0 Å². The van der Waals surface area contributed by atoms with Crippen molar-refractivity contribution in [3.63, 3.8) is 0 Å². The van der Waals surface area contributed by atoms with E-state index in [9.17, 15) is 9.50 Å². The van der Waals surface area contributed by atoms with E-state index in [0.717, 1.165) is 0 Å². The Hall–Kier alpha value is -0.150. The van der Waals surface area contributed by atoms with Gasteiger partial charge in [0.25, 0.3) is 0 Å². The van der Waals surface area contributed by atoms with E-state index in [-0.39, 0.29) is 19.6 Å². The zero-order valence-electron chi connectivity index (χ0n) is 8.39. The normalized spacial score (nSPS) is 52.0. The third-order valence-corrected chi connectivity index (χ3v) is 2.74. The van der Waals surface area contributed by atoms with Crippen LogP contribution in [0.15, 0.2) is 0 Å². The van der Waals surface area contributed by atoms with E-state index in [1.807, 2.05) is 0 Å². The van der Waals surface area contributed by atoms with Crippen LogP contribution in [0.5, 0.6) is 0 Å². The highest BCUT2D eigenvalue weighted by Crippen LogP contribution is 2.39. The minimum Gasteiger partial charge on any atom is -0.394 e. The summed E-state index contributed by atoms with van der Waals surface area (Å²) in [7, 11) is 0. The molecule has 0 aliphatic carbocycles. The summed E-state index contributed by atoms with van der Waals surface area (Å²) in [6, 6.07) is 0. The Kier molecular flexibility index (Phi) is 1.21. The molecule has 1 N–H and O–H groups in total. The molecule has 0 radical (unpaired) electrons. The van der Waals surface area contributed by atoms with Gasteiger partial charge in [0.05, 0.1) is 6.61 Å². The van der Waals surface area contributed by atoms with E-state index in [1.54, 1.807) is 0 Å². The van der Waals surface area contributed by atoms with Gasteiger partial charge in [0.1, 0.15) is 6.17 Å². The summed E-state index contributed by atoms with van der Waals surface area (Å²) in [6.07, 6.45) is 0.266. The van der Waals surface area contributed by atoms with E-state index in [4.69, 9.17) is 2.74 Å². The molecule has 2 aliphatic heterocycles. The van der Waals surface area contributed by atoms with Crippen LogP contribution in [0.4, 0.5) is 4.39 Å². The quantitative estimate of drug-likeness (QED) is 0.607. The Morgan fingerprint density at radius 3 is 3.27 bits per heavy atom. The number of halogens is 1. The van der Waals surface area contributed by atoms with Crippen LogP contribution >= 0.6 is 0 Å². The van der Waals surface area contributed by atoms with Gasteiger partial charge in [0, 0.05) is 21.2 Å². The molecule has 3 heteroatoms. The van der Waals surface area contributed by atoms with E-state index < -0.39 is 18.2 Å². The SMILES string of the molecule is [2H]C1([2H])CCC2(CO)CC(F)CN12. The smallest absolute Gasteiger partial charge is 0.115 e. The first-order valence-electron chi connectivity index (χ1n) is 5.03. The Balaban J connectivity index is 2.27. The average molecular weight is 161 g/mol. The first-order valence-corrected chi connectivity index (χ1v) is 4.03. The fourth-order valence-corrected chi connectivity index (χ4v) is 2.10. The van der Waals surface area contributed by atoms with E-state index in [2.05, 4.69) is 0 Å². The van der Waals surface area contributed by atoms with Crippen molar-refractivity contribution in [1.82, 2.24) is 4.90 Å². The highest BCUT2D eigenvalue weighted by atomic mass is 19.1. The lowest BCUT2D eigenvalue weighted by atomic mass is 9.95. The lowest BCUT2D eigenvalue weighted by Crippen LogP contribution is -2.41. The Labute approximate surface area is 68.8 Å². The number of nitrogens with zero attached hydrogens (tertiary/aromatic N) is 1. The zero-order chi connectivity index (χ0) is 9.69. The molecule has 2 nitrogen and oxygen atoms in total. The average Bonchev–Trinajstić information content (AvgIpc) is 2.50. The minimum atomic E-state index is -1.43. The molecular formula is C8H14FNO. The van der Waals surface area contributed by atoms with Crippen molar-refractivity contribution in [2.45, 2.75) is 31.0 Å². The first-order chi connectivity index (χ1) is 6.00. The van der Waals surface area contributed by atoms with Gasteiger partial charge in [-0.15, -0.1) is 0 Å². The fourth-order valence-electron chi connectivity index (χ4n) is 2.10. The van der Waals surface area contributed by atoms with Gasteiger partial charge in [-0.25, -0.2) is 4.39 Å². The summed E-state index contributed by atoms with van der Waals surface area (Å²) in [5, 5.41) is 9.20. The molecule has 0 amide bonds. The van der Waals surface area contributed by atoms with Crippen LogP contribution in [-0.4, -0.2) is 41.4 Å². The van der Waals surface area contributed by atoms with Gasteiger partial charge in [-0.2, -0.15) is 0 Å². The van der Waals surface area contributed by atoms with Crippen molar-refractivity contribution in [3.05, 3.63) is 0 Å². The molecule has 11 heavy (non-hydrogen) atoms.